The molecule has 0 saturated heterocycles. The maximum absolute atomic E-state index is 12.7. The Morgan fingerprint density at radius 2 is 2.03 bits per heavy atom. The Balaban J connectivity index is 1.43. The Morgan fingerprint density at radius 1 is 1.17 bits per heavy atom. The van der Waals surface area contributed by atoms with E-state index in [1.807, 2.05) is 17.0 Å². The van der Waals surface area contributed by atoms with Crippen LogP contribution in [0.1, 0.15) is 30.7 Å². The molecule has 1 aliphatic heterocycles. The van der Waals surface area contributed by atoms with E-state index in [4.69, 9.17) is 4.74 Å². The van der Waals surface area contributed by atoms with Crippen LogP contribution in [0.15, 0.2) is 48.8 Å². The molecule has 0 fully saturated rings. The summed E-state index contributed by atoms with van der Waals surface area (Å²) in [5.41, 5.74) is 2.14. The van der Waals surface area contributed by atoms with Crippen LogP contribution in [-0.4, -0.2) is 46.9 Å². The Labute approximate surface area is 172 Å². The number of hydrogen-bond acceptors (Lipinski definition) is 6. The van der Waals surface area contributed by atoms with Gasteiger partial charge in [0.25, 0.3) is 11.8 Å². The molecule has 1 N–H and O–H groups in total. The second-order valence-corrected chi connectivity index (χ2v) is 7.69. The van der Waals surface area contributed by atoms with Gasteiger partial charge in [-0.3, -0.25) is 14.6 Å². The van der Waals surface area contributed by atoms with Gasteiger partial charge in [0, 0.05) is 55.0 Å². The van der Waals surface area contributed by atoms with Gasteiger partial charge in [-0.15, -0.1) is 11.3 Å². The van der Waals surface area contributed by atoms with Crippen molar-refractivity contribution in [2.24, 2.45) is 0 Å². The number of nitrogens with zero attached hydrogens (tertiary/aromatic N) is 3. The van der Waals surface area contributed by atoms with Gasteiger partial charge in [-0.25, -0.2) is 4.98 Å². The minimum absolute atomic E-state index is 0.0238. The molecule has 0 spiro atoms. The SMILES string of the molecule is COc1cccc(NC(=O)c2nc3c(s2)CCN(C(=O)c2cccnc2)CC3)c1. The van der Waals surface area contributed by atoms with Crippen LogP contribution in [0, 0.1) is 0 Å². The third-order valence-electron chi connectivity index (χ3n) is 4.72. The van der Waals surface area contributed by atoms with E-state index in [9.17, 15) is 9.59 Å². The van der Waals surface area contributed by atoms with Crippen molar-refractivity contribution in [2.45, 2.75) is 12.8 Å². The first kappa shape index (κ1) is 19.1. The second-order valence-electron chi connectivity index (χ2n) is 6.61. The summed E-state index contributed by atoms with van der Waals surface area (Å²) in [5, 5.41) is 3.30. The number of nitrogens with one attached hydrogen (secondary N) is 1. The van der Waals surface area contributed by atoms with Crippen molar-refractivity contribution >= 4 is 28.8 Å². The molecule has 7 nitrogen and oxygen atoms in total. The number of thiazole rings is 1. The molecule has 0 bridgehead atoms. The van der Waals surface area contributed by atoms with Gasteiger partial charge in [0.05, 0.1) is 18.4 Å². The number of carbonyl (C=O) groups is 2. The zero-order valence-electron chi connectivity index (χ0n) is 15.9. The lowest BCUT2D eigenvalue weighted by Crippen LogP contribution is -2.33. The summed E-state index contributed by atoms with van der Waals surface area (Å²) in [6, 6.07) is 10.7. The molecule has 0 aliphatic carbocycles. The number of anilines is 1. The van der Waals surface area contributed by atoms with Crippen LogP contribution < -0.4 is 10.1 Å². The fourth-order valence-electron chi connectivity index (χ4n) is 3.22. The molecule has 148 valence electrons. The molecule has 0 unspecified atom stereocenters. The third-order valence-corrected chi connectivity index (χ3v) is 5.88. The highest BCUT2D eigenvalue weighted by Gasteiger charge is 2.24. The fraction of sp³-hybridized carbons (Fsp3) is 0.238. The van der Waals surface area contributed by atoms with Crippen molar-refractivity contribution in [3.05, 3.63) is 69.9 Å². The number of benzene rings is 1. The van der Waals surface area contributed by atoms with Gasteiger partial charge in [0.15, 0.2) is 5.01 Å². The average molecular weight is 408 g/mol. The minimum Gasteiger partial charge on any atom is -0.497 e. The molecule has 4 rings (SSSR count). The highest BCUT2D eigenvalue weighted by atomic mass is 32.1. The monoisotopic (exact) mass is 408 g/mol. The highest BCUT2D eigenvalue weighted by molar-refractivity contribution is 7.13. The molecule has 29 heavy (non-hydrogen) atoms. The zero-order chi connectivity index (χ0) is 20.2. The summed E-state index contributed by atoms with van der Waals surface area (Å²) in [6.45, 7) is 1.17. The fourth-order valence-corrected chi connectivity index (χ4v) is 4.21. The van der Waals surface area contributed by atoms with Gasteiger partial charge in [0.2, 0.25) is 0 Å². The normalized spacial score (nSPS) is 13.3. The van der Waals surface area contributed by atoms with Crippen LogP contribution >= 0.6 is 11.3 Å². The van der Waals surface area contributed by atoms with Crippen LogP contribution in [0.5, 0.6) is 5.75 Å². The molecule has 0 atom stereocenters. The van der Waals surface area contributed by atoms with E-state index in [0.717, 1.165) is 10.6 Å². The minimum atomic E-state index is -0.236. The zero-order valence-corrected chi connectivity index (χ0v) is 16.7. The van der Waals surface area contributed by atoms with Gasteiger partial charge >= 0.3 is 0 Å². The van der Waals surface area contributed by atoms with Crippen molar-refractivity contribution in [1.82, 2.24) is 14.9 Å². The van der Waals surface area contributed by atoms with Crippen LogP contribution in [0.4, 0.5) is 5.69 Å². The number of methoxy groups -OCH3 is 1. The lowest BCUT2D eigenvalue weighted by atomic mass is 10.2. The van der Waals surface area contributed by atoms with E-state index in [1.54, 1.807) is 43.8 Å². The van der Waals surface area contributed by atoms with E-state index in [1.165, 1.54) is 11.3 Å². The first-order chi connectivity index (χ1) is 14.1. The van der Waals surface area contributed by atoms with Gasteiger partial charge in [-0.1, -0.05) is 6.07 Å². The van der Waals surface area contributed by atoms with Crippen molar-refractivity contribution in [1.29, 1.82) is 0 Å². The summed E-state index contributed by atoms with van der Waals surface area (Å²) in [4.78, 5) is 36.7. The first-order valence-electron chi connectivity index (χ1n) is 9.27. The quantitative estimate of drug-likeness (QED) is 0.717. The molecule has 1 aliphatic rings. The van der Waals surface area contributed by atoms with E-state index in [2.05, 4.69) is 15.3 Å². The number of carbonyl (C=O) groups excluding carboxylic acids is 2. The Bertz CT molecular complexity index is 1010. The average Bonchev–Trinajstić information content (AvgIpc) is 3.07. The van der Waals surface area contributed by atoms with Gasteiger partial charge in [-0.2, -0.15) is 0 Å². The van der Waals surface area contributed by atoms with Crippen molar-refractivity contribution in [3.8, 4) is 5.75 Å². The molecule has 0 radical (unpaired) electrons. The standard InChI is InChI=1S/C21H20N4O3S/c1-28-16-6-2-5-15(12-16)23-19(26)20-24-17-7-10-25(11-8-18(17)29-20)21(27)14-4-3-9-22-13-14/h2-6,9,12-13H,7-8,10-11H2,1H3,(H,23,26). The van der Waals surface area contributed by atoms with E-state index in [-0.39, 0.29) is 11.8 Å². The largest absolute Gasteiger partial charge is 0.497 e. The second kappa shape index (κ2) is 8.40. The molecule has 2 amide bonds. The van der Waals surface area contributed by atoms with Crippen molar-refractivity contribution in [2.75, 3.05) is 25.5 Å². The summed E-state index contributed by atoms with van der Waals surface area (Å²) >= 11 is 1.39. The van der Waals surface area contributed by atoms with Gasteiger partial charge in [0.1, 0.15) is 5.75 Å². The molecular weight excluding hydrogens is 388 g/mol. The Morgan fingerprint density at radius 3 is 2.83 bits per heavy atom. The smallest absolute Gasteiger partial charge is 0.284 e. The molecule has 1 aromatic carbocycles. The van der Waals surface area contributed by atoms with Gasteiger partial charge < -0.3 is 15.0 Å². The molecule has 3 heterocycles. The Hall–Kier alpha value is -3.26. The summed E-state index contributed by atoms with van der Waals surface area (Å²) in [7, 11) is 1.58. The number of pyridine rings is 1. The predicted molar refractivity (Wildman–Crippen MR) is 111 cm³/mol. The maximum Gasteiger partial charge on any atom is 0.284 e. The topological polar surface area (TPSA) is 84.4 Å². The number of fused-ring (bicyclic) bond motifs is 1. The molecule has 8 heteroatoms. The molecule has 3 aromatic rings. The first-order valence-corrected chi connectivity index (χ1v) is 10.1. The number of hydrogen-bond donors (Lipinski definition) is 1. The summed E-state index contributed by atoms with van der Waals surface area (Å²) in [5.74, 6) is 0.417. The summed E-state index contributed by atoms with van der Waals surface area (Å²) < 4.78 is 5.18. The molecular formula is C21H20N4O3S. The van der Waals surface area contributed by atoms with Crippen LogP contribution in [0.2, 0.25) is 0 Å². The van der Waals surface area contributed by atoms with E-state index in [0.29, 0.717) is 47.9 Å². The van der Waals surface area contributed by atoms with Crippen molar-refractivity contribution in [3.63, 3.8) is 0 Å². The van der Waals surface area contributed by atoms with Crippen LogP contribution in [0.3, 0.4) is 0 Å². The highest BCUT2D eigenvalue weighted by Crippen LogP contribution is 2.25. The van der Waals surface area contributed by atoms with E-state index < -0.39 is 0 Å². The third kappa shape index (κ3) is 4.27. The lowest BCUT2D eigenvalue weighted by Gasteiger charge is -2.20. The number of ether oxygens (including phenoxy) is 1. The number of rotatable bonds is 4. The maximum atomic E-state index is 12.7. The van der Waals surface area contributed by atoms with Crippen molar-refractivity contribution < 1.29 is 14.3 Å². The van der Waals surface area contributed by atoms with Crippen LogP contribution in [0.25, 0.3) is 0 Å². The number of aromatic nitrogens is 2. The van der Waals surface area contributed by atoms with Gasteiger partial charge in [-0.05, 0) is 24.3 Å². The number of amides is 2. The van der Waals surface area contributed by atoms with Crippen LogP contribution in [-0.2, 0) is 12.8 Å². The summed E-state index contributed by atoms with van der Waals surface area (Å²) in [6.07, 6.45) is 4.55. The van der Waals surface area contributed by atoms with E-state index >= 15 is 0 Å². The molecule has 2 aromatic heterocycles. The molecule has 0 saturated carbocycles. The Kier molecular flexibility index (Phi) is 5.53. The lowest BCUT2D eigenvalue weighted by molar-refractivity contribution is 0.0762. The predicted octanol–water partition coefficient (Wildman–Crippen LogP) is 3.04.